The van der Waals surface area contributed by atoms with Crippen molar-refractivity contribution >= 4 is 5.97 Å². The van der Waals surface area contributed by atoms with Gasteiger partial charge < -0.3 is 4.74 Å². The van der Waals surface area contributed by atoms with Gasteiger partial charge in [-0.1, -0.05) is 43.0 Å². The molecule has 2 aromatic rings. The van der Waals surface area contributed by atoms with Gasteiger partial charge in [-0.05, 0) is 42.7 Å². The van der Waals surface area contributed by atoms with E-state index in [2.05, 4.69) is 18.7 Å². The maximum atomic E-state index is 11.5. The van der Waals surface area contributed by atoms with Gasteiger partial charge in [-0.15, -0.1) is 0 Å². The first-order valence-electron chi connectivity index (χ1n) is 6.11. The van der Waals surface area contributed by atoms with Crippen LogP contribution in [0.4, 0.5) is 0 Å². The molecule has 0 aromatic heterocycles. The van der Waals surface area contributed by atoms with Crippen LogP contribution in [0, 0.1) is 6.92 Å². The van der Waals surface area contributed by atoms with Crippen LogP contribution in [0.5, 0.6) is 5.75 Å². The summed E-state index contributed by atoms with van der Waals surface area (Å²) in [6, 6.07) is 15.7. The van der Waals surface area contributed by atoms with E-state index in [4.69, 9.17) is 4.74 Å². The molecule has 2 heteroatoms. The van der Waals surface area contributed by atoms with Gasteiger partial charge in [-0.2, -0.15) is 0 Å². The smallest absolute Gasteiger partial charge is 0.338 e. The van der Waals surface area contributed by atoms with E-state index in [9.17, 15) is 4.79 Å². The monoisotopic (exact) mass is 252 g/mol. The van der Waals surface area contributed by atoms with Crippen molar-refractivity contribution in [3.8, 4) is 16.9 Å². The second kappa shape index (κ2) is 5.53. The Hall–Kier alpha value is -2.35. The van der Waals surface area contributed by atoms with Crippen LogP contribution in [0.1, 0.15) is 12.5 Å². The van der Waals surface area contributed by atoms with Gasteiger partial charge >= 0.3 is 5.97 Å². The van der Waals surface area contributed by atoms with E-state index in [1.165, 1.54) is 0 Å². The Morgan fingerprint density at radius 1 is 1.11 bits per heavy atom. The summed E-state index contributed by atoms with van der Waals surface area (Å²) in [5.74, 6) is 0.150. The lowest BCUT2D eigenvalue weighted by atomic mass is 10.0. The molecule has 0 saturated heterocycles. The first-order valence-corrected chi connectivity index (χ1v) is 6.11. The Morgan fingerprint density at radius 2 is 1.79 bits per heavy atom. The van der Waals surface area contributed by atoms with Crippen molar-refractivity contribution in [2.24, 2.45) is 0 Å². The molecular weight excluding hydrogens is 236 g/mol. The Balaban J connectivity index is 2.28. The maximum absolute atomic E-state index is 11.5. The predicted molar refractivity (Wildman–Crippen MR) is 77.1 cm³/mol. The molecule has 0 aliphatic rings. The van der Waals surface area contributed by atoms with Crippen LogP contribution < -0.4 is 4.74 Å². The summed E-state index contributed by atoms with van der Waals surface area (Å²) >= 11 is 0. The molecule has 0 aliphatic carbocycles. The normalized spacial score (nSPS) is 10.0. The number of ether oxygens (including phenoxy) is 1. The van der Waals surface area contributed by atoms with Gasteiger partial charge in [-0.3, -0.25) is 0 Å². The molecule has 0 atom stereocenters. The molecule has 2 aromatic carbocycles. The van der Waals surface area contributed by atoms with Gasteiger partial charge in [0.05, 0.1) is 0 Å². The lowest BCUT2D eigenvalue weighted by molar-refractivity contribution is -0.130. The Labute approximate surface area is 113 Å². The highest BCUT2D eigenvalue weighted by molar-refractivity contribution is 5.88. The van der Waals surface area contributed by atoms with E-state index in [0.29, 0.717) is 11.3 Å². The zero-order valence-corrected chi connectivity index (χ0v) is 11.1. The molecule has 96 valence electrons. The molecule has 2 nitrogen and oxygen atoms in total. The van der Waals surface area contributed by atoms with E-state index < -0.39 is 5.97 Å². The standard InChI is InChI=1S/C17H16O2/c1-12(2)17(18)19-15-9-10-16(13(3)11-15)14-7-5-4-6-8-14/h4-11H,1H2,2-3H3. The summed E-state index contributed by atoms with van der Waals surface area (Å²) in [4.78, 5) is 11.5. The highest BCUT2D eigenvalue weighted by atomic mass is 16.5. The van der Waals surface area contributed by atoms with Gasteiger partial charge in [0.2, 0.25) is 0 Å². The molecule has 19 heavy (non-hydrogen) atoms. The topological polar surface area (TPSA) is 26.3 Å². The summed E-state index contributed by atoms with van der Waals surface area (Å²) < 4.78 is 5.21. The van der Waals surface area contributed by atoms with Gasteiger partial charge in [0.1, 0.15) is 5.75 Å². The van der Waals surface area contributed by atoms with Crippen molar-refractivity contribution in [1.82, 2.24) is 0 Å². The predicted octanol–water partition coefficient (Wildman–Crippen LogP) is 4.14. The largest absolute Gasteiger partial charge is 0.423 e. The summed E-state index contributed by atoms with van der Waals surface area (Å²) in [5, 5.41) is 0. The summed E-state index contributed by atoms with van der Waals surface area (Å²) in [6.07, 6.45) is 0. The molecule has 0 unspecified atom stereocenters. The number of carbonyl (C=O) groups is 1. The van der Waals surface area contributed by atoms with Crippen molar-refractivity contribution in [3.05, 3.63) is 66.2 Å². The second-order valence-corrected chi connectivity index (χ2v) is 4.51. The van der Waals surface area contributed by atoms with Crippen LogP contribution in [0.2, 0.25) is 0 Å². The molecule has 0 amide bonds. The minimum absolute atomic E-state index is 0.393. The molecule has 0 fully saturated rings. The lowest BCUT2D eigenvalue weighted by Gasteiger charge is -2.09. The first-order chi connectivity index (χ1) is 9.08. The summed E-state index contributed by atoms with van der Waals surface area (Å²) in [7, 11) is 0. The summed E-state index contributed by atoms with van der Waals surface area (Å²) in [6.45, 7) is 7.20. The quantitative estimate of drug-likeness (QED) is 0.466. The third-order valence-electron chi connectivity index (χ3n) is 2.84. The number of benzene rings is 2. The molecular formula is C17H16O2. The van der Waals surface area contributed by atoms with E-state index in [1.807, 2.05) is 37.3 Å². The Morgan fingerprint density at radius 3 is 2.37 bits per heavy atom. The van der Waals surface area contributed by atoms with Crippen LogP contribution >= 0.6 is 0 Å². The van der Waals surface area contributed by atoms with Crippen LogP contribution in [-0.4, -0.2) is 5.97 Å². The minimum Gasteiger partial charge on any atom is -0.423 e. The van der Waals surface area contributed by atoms with E-state index in [1.54, 1.807) is 13.0 Å². The summed E-state index contributed by atoms with van der Waals surface area (Å²) in [5.41, 5.74) is 3.75. The van der Waals surface area contributed by atoms with E-state index >= 15 is 0 Å². The fourth-order valence-corrected chi connectivity index (χ4v) is 1.84. The van der Waals surface area contributed by atoms with Gasteiger partial charge in [0.15, 0.2) is 0 Å². The number of aryl methyl sites for hydroxylation is 1. The first kappa shape index (κ1) is 13.1. The highest BCUT2D eigenvalue weighted by Crippen LogP contribution is 2.26. The Kier molecular flexibility index (Phi) is 3.81. The number of hydrogen-bond donors (Lipinski definition) is 0. The number of carbonyl (C=O) groups excluding carboxylic acids is 1. The second-order valence-electron chi connectivity index (χ2n) is 4.51. The van der Waals surface area contributed by atoms with Crippen molar-refractivity contribution in [3.63, 3.8) is 0 Å². The fraction of sp³-hybridized carbons (Fsp3) is 0.118. The Bertz CT molecular complexity index is 612. The van der Waals surface area contributed by atoms with E-state index in [0.717, 1.165) is 16.7 Å². The average Bonchev–Trinajstić information content (AvgIpc) is 2.39. The third kappa shape index (κ3) is 3.10. The van der Waals surface area contributed by atoms with Crippen LogP contribution in [0.25, 0.3) is 11.1 Å². The molecule has 0 heterocycles. The zero-order chi connectivity index (χ0) is 13.8. The van der Waals surface area contributed by atoms with Crippen molar-refractivity contribution in [2.75, 3.05) is 0 Å². The maximum Gasteiger partial charge on any atom is 0.338 e. The molecule has 0 radical (unpaired) electrons. The average molecular weight is 252 g/mol. The molecule has 0 N–H and O–H groups in total. The SMILES string of the molecule is C=C(C)C(=O)Oc1ccc(-c2ccccc2)c(C)c1. The molecule has 0 spiro atoms. The molecule has 0 aliphatic heterocycles. The molecule has 0 saturated carbocycles. The third-order valence-corrected chi connectivity index (χ3v) is 2.84. The van der Waals surface area contributed by atoms with Crippen LogP contribution in [0.3, 0.4) is 0 Å². The van der Waals surface area contributed by atoms with Crippen molar-refractivity contribution in [1.29, 1.82) is 0 Å². The van der Waals surface area contributed by atoms with Gasteiger partial charge in [-0.25, -0.2) is 4.79 Å². The van der Waals surface area contributed by atoms with Crippen LogP contribution in [-0.2, 0) is 4.79 Å². The fourth-order valence-electron chi connectivity index (χ4n) is 1.84. The molecule has 0 bridgehead atoms. The molecule has 2 rings (SSSR count). The van der Waals surface area contributed by atoms with E-state index in [-0.39, 0.29) is 0 Å². The minimum atomic E-state index is -0.396. The zero-order valence-electron chi connectivity index (χ0n) is 11.1. The number of rotatable bonds is 3. The van der Waals surface area contributed by atoms with Crippen molar-refractivity contribution < 1.29 is 9.53 Å². The number of hydrogen-bond acceptors (Lipinski definition) is 2. The van der Waals surface area contributed by atoms with Crippen molar-refractivity contribution in [2.45, 2.75) is 13.8 Å². The van der Waals surface area contributed by atoms with Gasteiger partial charge in [0, 0.05) is 5.57 Å². The highest BCUT2D eigenvalue weighted by Gasteiger charge is 2.07. The van der Waals surface area contributed by atoms with Gasteiger partial charge in [0.25, 0.3) is 0 Å². The number of esters is 1. The lowest BCUT2D eigenvalue weighted by Crippen LogP contribution is -2.08. The van der Waals surface area contributed by atoms with Crippen LogP contribution in [0.15, 0.2) is 60.7 Å².